The Morgan fingerprint density at radius 3 is 2.94 bits per heavy atom. The van der Waals surface area contributed by atoms with Crippen LogP contribution in [-0.4, -0.2) is 45.4 Å². The number of aryl methyl sites for hydroxylation is 1. The molecule has 6 nitrogen and oxygen atoms in total. The second kappa shape index (κ2) is 6.12. The van der Waals surface area contributed by atoms with Gasteiger partial charge < -0.3 is 10.9 Å². The standard InChI is InChI=1S/C10H19N5O/c1-3-15(8-10(11)13-16)7-5-9-4-6-12-14(9)2/h4,6,16H,3,5,7-8H2,1-2H3,(H2,11,13). The summed E-state index contributed by atoms with van der Waals surface area (Å²) in [4.78, 5) is 2.11. The molecule has 0 aromatic carbocycles. The summed E-state index contributed by atoms with van der Waals surface area (Å²) in [6, 6.07) is 2.00. The number of rotatable bonds is 6. The Labute approximate surface area is 95.3 Å². The highest BCUT2D eigenvalue weighted by molar-refractivity contribution is 5.81. The minimum absolute atomic E-state index is 0.242. The fraction of sp³-hybridized carbons (Fsp3) is 0.600. The minimum Gasteiger partial charge on any atom is -0.409 e. The number of nitrogens with two attached hydrogens (primary N) is 1. The molecule has 0 aliphatic rings. The van der Waals surface area contributed by atoms with Crippen molar-refractivity contribution in [3.8, 4) is 0 Å². The fourth-order valence-electron chi connectivity index (χ4n) is 1.53. The van der Waals surface area contributed by atoms with E-state index in [-0.39, 0.29) is 5.84 Å². The van der Waals surface area contributed by atoms with Crippen molar-refractivity contribution >= 4 is 5.84 Å². The summed E-state index contributed by atoms with van der Waals surface area (Å²) in [6.07, 6.45) is 2.69. The van der Waals surface area contributed by atoms with Crippen molar-refractivity contribution < 1.29 is 5.21 Å². The molecule has 1 heterocycles. The summed E-state index contributed by atoms with van der Waals surface area (Å²) < 4.78 is 1.86. The second-order valence-electron chi connectivity index (χ2n) is 3.66. The highest BCUT2D eigenvalue weighted by Crippen LogP contribution is 1.99. The number of oxime groups is 1. The molecule has 3 N–H and O–H groups in total. The molecule has 16 heavy (non-hydrogen) atoms. The third kappa shape index (κ3) is 3.54. The maximum absolute atomic E-state index is 8.50. The summed E-state index contributed by atoms with van der Waals surface area (Å²) >= 11 is 0. The van der Waals surface area contributed by atoms with Crippen LogP contribution in [-0.2, 0) is 13.5 Å². The van der Waals surface area contributed by atoms with Gasteiger partial charge >= 0.3 is 0 Å². The monoisotopic (exact) mass is 225 g/mol. The van der Waals surface area contributed by atoms with Gasteiger partial charge in [-0.25, -0.2) is 0 Å². The van der Waals surface area contributed by atoms with Crippen LogP contribution in [0.3, 0.4) is 0 Å². The molecular weight excluding hydrogens is 206 g/mol. The Hall–Kier alpha value is -1.56. The van der Waals surface area contributed by atoms with Crippen molar-refractivity contribution in [1.29, 1.82) is 0 Å². The molecule has 0 saturated carbocycles. The fourth-order valence-corrected chi connectivity index (χ4v) is 1.53. The van der Waals surface area contributed by atoms with E-state index < -0.39 is 0 Å². The summed E-state index contributed by atoms with van der Waals surface area (Å²) in [5.41, 5.74) is 6.65. The maximum atomic E-state index is 8.50. The molecule has 0 amide bonds. The number of hydrogen-bond acceptors (Lipinski definition) is 4. The predicted octanol–water partition coefficient (Wildman–Crippen LogP) is 0.0309. The minimum atomic E-state index is 0.242. The summed E-state index contributed by atoms with van der Waals surface area (Å²) in [6.45, 7) is 4.28. The smallest absolute Gasteiger partial charge is 0.153 e. The van der Waals surface area contributed by atoms with E-state index in [0.29, 0.717) is 6.54 Å². The predicted molar refractivity (Wildman–Crippen MR) is 62.4 cm³/mol. The van der Waals surface area contributed by atoms with Gasteiger partial charge in [-0.15, -0.1) is 0 Å². The first-order valence-electron chi connectivity index (χ1n) is 5.33. The first-order chi connectivity index (χ1) is 7.67. The van der Waals surface area contributed by atoms with Crippen LogP contribution in [0.25, 0.3) is 0 Å². The zero-order valence-electron chi connectivity index (χ0n) is 9.80. The average molecular weight is 225 g/mol. The van der Waals surface area contributed by atoms with E-state index in [4.69, 9.17) is 10.9 Å². The Balaban J connectivity index is 2.43. The molecule has 0 spiro atoms. The molecule has 1 rings (SSSR count). The van der Waals surface area contributed by atoms with Crippen LogP contribution in [0.15, 0.2) is 17.4 Å². The quantitative estimate of drug-likeness (QED) is 0.310. The third-order valence-corrected chi connectivity index (χ3v) is 2.57. The maximum Gasteiger partial charge on any atom is 0.153 e. The van der Waals surface area contributed by atoms with Crippen molar-refractivity contribution in [3.63, 3.8) is 0 Å². The second-order valence-corrected chi connectivity index (χ2v) is 3.66. The molecule has 0 unspecified atom stereocenters. The van der Waals surface area contributed by atoms with Crippen molar-refractivity contribution in [2.45, 2.75) is 13.3 Å². The highest BCUT2D eigenvalue weighted by Gasteiger charge is 2.06. The molecule has 0 atom stereocenters. The van der Waals surface area contributed by atoms with E-state index in [0.717, 1.165) is 19.5 Å². The van der Waals surface area contributed by atoms with Crippen molar-refractivity contribution in [3.05, 3.63) is 18.0 Å². The molecule has 0 fully saturated rings. The van der Waals surface area contributed by atoms with Gasteiger partial charge in [0.15, 0.2) is 5.84 Å². The number of nitrogens with zero attached hydrogens (tertiary/aromatic N) is 4. The SMILES string of the molecule is CCN(CCc1ccnn1C)CC(N)=NO. The summed E-state index contributed by atoms with van der Waals surface area (Å²) in [5.74, 6) is 0.242. The van der Waals surface area contributed by atoms with Crippen LogP contribution in [0.5, 0.6) is 0 Å². The molecule has 0 saturated heterocycles. The first-order valence-corrected chi connectivity index (χ1v) is 5.33. The van der Waals surface area contributed by atoms with Gasteiger partial charge in [0.1, 0.15) is 0 Å². The lowest BCUT2D eigenvalue weighted by atomic mass is 10.3. The lowest BCUT2D eigenvalue weighted by molar-refractivity contribution is 0.299. The number of hydrogen-bond donors (Lipinski definition) is 2. The van der Waals surface area contributed by atoms with E-state index in [1.165, 1.54) is 5.69 Å². The van der Waals surface area contributed by atoms with Crippen molar-refractivity contribution in [2.24, 2.45) is 17.9 Å². The van der Waals surface area contributed by atoms with Gasteiger partial charge in [-0.2, -0.15) is 5.10 Å². The van der Waals surface area contributed by atoms with Crippen molar-refractivity contribution in [1.82, 2.24) is 14.7 Å². The first kappa shape index (κ1) is 12.5. The van der Waals surface area contributed by atoms with Crippen LogP contribution in [0.2, 0.25) is 0 Å². The molecule has 90 valence electrons. The van der Waals surface area contributed by atoms with Gasteiger partial charge in [0, 0.05) is 31.9 Å². The van der Waals surface area contributed by atoms with Crippen LogP contribution in [0.4, 0.5) is 0 Å². The molecule has 0 bridgehead atoms. The van der Waals surface area contributed by atoms with Crippen LogP contribution in [0, 0.1) is 0 Å². The van der Waals surface area contributed by atoms with E-state index in [9.17, 15) is 0 Å². The van der Waals surface area contributed by atoms with E-state index in [1.54, 1.807) is 6.20 Å². The summed E-state index contributed by atoms with van der Waals surface area (Å²) in [5, 5.41) is 15.6. The molecule has 1 aromatic heterocycles. The zero-order valence-corrected chi connectivity index (χ0v) is 9.80. The molecular formula is C10H19N5O. The average Bonchev–Trinajstić information content (AvgIpc) is 2.69. The Kier molecular flexibility index (Phi) is 4.78. The third-order valence-electron chi connectivity index (χ3n) is 2.57. The molecule has 0 radical (unpaired) electrons. The number of likely N-dealkylation sites (N-methyl/N-ethyl adjacent to an activating group) is 1. The van der Waals surface area contributed by atoms with E-state index in [2.05, 4.69) is 15.2 Å². The molecule has 6 heteroatoms. The summed E-state index contributed by atoms with van der Waals surface area (Å²) in [7, 11) is 1.93. The van der Waals surface area contributed by atoms with Gasteiger partial charge in [-0.3, -0.25) is 9.58 Å². The molecule has 0 aliphatic heterocycles. The Morgan fingerprint density at radius 2 is 2.44 bits per heavy atom. The van der Waals surface area contributed by atoms with Gasteiger partial charge in [0.25, 0.3) is 0 Å². The van der Waals surface area contributed by atoms with Gasteiger partial charge in [-0.05, 0) is 12.6 Å². The lowest BCUT2D eigenvalue weighted by Crippen LogP contribution is -2.35. The number of aromatic nitrogens is 2. The van der Waals surface area contributed by atoms with Crippen LogP contribution >= 0.6 is 0 Å². The Bertz CT molecular complexity index is 347. The van der Waals surface area contributed by atoms with E-state index in [1.807, 2.05) is 24.7 Å². The van der Waals surface area contributed by atoms with Gasteiger partial charge in [0.2, 0.25) is 0 Å². The van der Waals surface area contributed by atoms with E-state index >= 15 is 0 Å². The highest BCUT2D eigenvalue weighted by atomic mass is 16.4. The van der Waals surface area contributed by atoms with Crippen LogP contribution in [0.1, 0.15) is 12.6 Å². The molecule has 1 aromatic rings. The lowest BCUT2D eigenvalue weighted by Gasteiger charge is -2.19. The van der Waals surface area contributed by atoms with Gasteiger partial charge in [-0.1, -0.05) is 12.1 Å². The van der Waals surface area contributed by atoms with Crippen LogP contribution < -0.4 is 5.73 Å². The Morgan fingerprint density at radius 1 is 1.69 bits per heavy atom. The zero-order chi connectivity index (χ0) is 12.0. The molecule has 0 aliphatic carbocycles. The van der Waals surface area contributed by atoms with Gasteiger partial charge in [0.05, 0.1) is 6.54 Å². The topological polar surface area (TPSA) is 79.7 Å². The number of amidine groups is 1. The van der Waals surface area contributed by atoms with Crippen molar-refractivity contribution in [2.75, 3.05) is 19.6 Å². The normalized spacial score (nSPS) is 12.3. The largest absolute Gasteiger partial charge is 0.409 e.